The fraction of sp³-hybridized carbons (Fsp3) is 0.364. The van der Waals surface area contributed by atoms with Gasteiger partial charge in [-0.05, 0) is 13.8 Å². The maximum atomic E-state index is 12.2. The van der Waals surface area contributed by atoms with Crippen LogP contribution in [0.2, 0.25) is 5.15 Å². The summed E-state index contributed by atoms with van der Waals surface area (Å²) in [4.78, 5) is 37.6. The lowest BCUT2D eigenvalue weighted by atomic mass is 10.2. The predicted octanol–water partition coefficient (Wildman–Crippen LogP) is 1.58. The highest BCUT2D eigenvalue weighted by Gasteiger charge is 2.25. The minimum Gasteiger partial charge on any atom is -0.480 e. The van der Waals surface area contributed by atoms with Crippen LogP contribution in [0.3, 0.4) is 0 Å². The summed E-state index contributed by atoms with van der Waals surface area (Å²) in [6.45, 7) is 2.72. The molecular weight excluding hydrogens is 290 g/mol. The Kier molecular flexibility index (Phi) is 4.98. The summed E-state index contributed by atoms with van der Waals surface area (Å²) < 4.78 is 0. The number of carbonyl (C=O) groups excluding carboxylic acids is 1. The number of pyridine rings is 1. The largest absolute Gasteiger partial charge is 0.480 e. The molecule has 0 saturated carbocycles. The Morgan fingerprint density at radius 1 is 1.55 bits per heavy atom. The van der Waals surface area contributed by atoms with Gasteiger partial charge in [-0.2, -0.15) is 0 Å². The van der Waals surface area contributed by atoms with E-state index in [-0.39, 0.29) is 10.7 Å². The zero-order valence-corrected chi connectivity index (χ0v) is 11.5. The standard InChI is InChI=1S/C11H12ClN3O5/c1-6(2)14(5-9(16)17)11(18)8-3-7(15(19)20)4-13-10(8)12/h3-4,6H,5H2,1-2H3,(H,16,17). The Labute approximate surface area is 119 Å². The number of aliphatic carboxylic acids is 1. The van der Waals surface area contributed by atoms with Gasteiger partial charge in [-0.1, -0.05) is 11.6 Å². The minimum atomic E-state index is -1.19. The van der Waals surface area contributed by atoms with Crippen LogP contribution in [0.5, 0.6) is 0 Å². The van der Waals surface area contributed by atoms with Gasteiger partial charge in [-0.3, -0.25) is 19.7 Å². The van der Waals surface area contributed by atoms with Gasteiger partial charge in [0.05, 0.1) is 10.5 Å². The molecule has 0 aliphatic heterocycles. The van der Waals surface area contributed by atoms with Gasteiger partial charge in [-0.25, -0.2) is 4.98 Å². The molecule has 0 fully saturated rings. The van der Waals surface area contributed by atoms with Gasteiger partial charge in [0, 0.05) is 12.1 Å². The molecule has 0 aliphatic carbocycles. The molecule has 1 amide bonds. The summed E-state index contributed by atoms with van der Waals surface area (Å²) in [6, 6.07) is 0.573. The lowest BCUT2D eigenvalue weighted by Gasteiger charge is -2.24. The van der Waals surface area contributed by atoms with Gasteiger partial charge in [0.1, 0.15) is 17.9 Å². The molecule has 1 heterocycles. The van der Waals surface area contributed by atoms with Crippen molar-refractivity contribution in [3.05, 3.63) is 33.1 Å². The van der Waals surface area contributed by atoms with Crippen molar-refractivity contribution in [3.8, 4) is 0 Å². The lowest BCUT2D eigenvalue weighted by molar-refractivity contribution is -0.385. The topological polar surface area (TPSA) is 114 Å². The van der Waals surface area contributed by atoms with Crippen molar-refractivity contribution in [1.82, 2.24) is 9.88 Å². The summed E-state index contributed by atoms with van der Waals surface area (Å²) in [6.07, 6.45) is 0.927. The van der Waals surface area contributed by atoms with E-state index in [0.717, 1.165) is 17.2 Å². The Hall–Kier alpha value is -2.22. The number of hydrogen-bond donors (Lipinski definition) is 1. The third kappa shape index (κ3) is 3.64. The van der Waals surface area contributed by atoms with Gasteiger partial charge in [-0.15, -0.1) is 0 Å². The molecule has 20 heavy (non-hydrogen) atoms. The van der Waals surface area contributed by atoms with Crippen molar-refractivity contribution in [2.75, 3.05) is 6.54 Å². The van der Waals surface area contributed by atoms with Crippen LogP contribution in [-0.2, 0) is 4.79 Å². The van der Waals surface area contributed by atoms with Crippen LogP contribution in [0.4, 0.5) is 5.69 Å². The summed E-state index contributed by atoms with van der Waals surface area (Å²) >= 11 is 5.75. The molecule has 8 nitrogen and oxygen atoms in total. The number of aromatic nitrogens is 1. The number of hydrogen-bond acceptors (Lipinski definition) is 5. The second kappa shape index (κ2) is 6.29. The highest BCUT2D eigenvalue weighted by Crippen LogP contribution is 2.21. The van der Waals surface area contributed by atoms with Crippen LogP contribution in [0.15, 0.2) is 12.3 Å². The summed E-state index contributed by atoms with van der Waals surface area (Å²) in [5, 5.41) is 19.3. The van der Waals surface area contributed by atoms with Gasteiger partial charge >= 0.3 is 5.97 Å². The molecule has 0 bridgehead atoms. The average Bonchev–Trinajstić information content (AvgIpc) is 2.34. The van der Waals surface area contributed by atoms with E-state index in [1.165, 1.54) is 0 Å². The van der Waals surface area contributed by atoms with Crippen molar-refractivity contribution >= 4 is 29.2 Å². The number of nitro groups is 1. The number of nitrogens with zero attached hydrogens (tertiary/aromatic N) is 3. The predicted molar refractivity (Wildman–Crippen MR) is 69.7 cm³/mol. The maximum Gasteiger partial charge on any atom is 0.323 e. The number of amides is 1. The van der Waals surface area contributed by atoms with E-state index in [4.69, 9.17) is 16.7 Å². The first-order chi connectivity index (χ1) is 9.23. The highest BCUT2D eigenvalue weighted by atomic mass is 35.5. The monoisotopic (exact) mass is 301 g/mol. The van der Waals surface area contributed by atoms with Gasteiger partial charge in [0.2, 0.25) is 0 Å². The first-order valence-electron chi connectivity index (χ1n) is 5.56. The van der Waals surface area contributed by atoms with Crippen molar-refractivity contribution in [2.45, 2.75) is 19.9 Å². The molecule has 0 aliphatic rings. The lowest BCUT2D eigenvalue weighted by Crippen LogP contribution is -2.40. The molecule has 9 heteroatoms. The minimum absolute atomic E-state index is 0.198. The Balaban J connectivity index is 3.20. The third-order valence-electron chi connectivity index (χ3n) is 2.46. The van der Waals surface area contributed by atoms with Gasteiger partial charge in [0.15, 0.2) is 0 Å². The fourth-order valence-electron chi connectivity index (χ4n) is 1.48. The van der Waals surface area contributed by atoms with E-state index in [0.29, 0.717) is 0 Å². The molecule has 108 valence electrons. The molecule has 0 aromatic carbocycles. The Morgan fingerprint density at radius 3 is 2.60 bits per heavy atom. The molecular formula is C11H12ClN3O5. The van der Waals surface area contributed by atoms with E-state index in [2.05, 4.69) is 4.98 Å². The van der Waals surface area contributed by atoms with E-state index >= 15 is 0 Å². The first-order valence-corrected chi connectivity index (χ1v) is 5.94. The first kappa shape index (κ1) is 15.8. The molecule has 0 radical (unpaired) electrons. The van der Waals surface area contributed by atoms with Crippen LogP contribution in [0.1, 0.15) is 24.2 Å². The molecule has 1 rings (SSSR count). The number of carbonyl (C=O) groups is 2. The smallest absolute Gasteiger partial charge is 0.323 e. The summed E-state index contributed by atoms with van der Waals surface area (Å²) in [5.41, 5.74) is -0.590. The zero-order chi connectivity index (χ0) is 15.4. The quantitative estimate of drug-likeness (QED) is 0.501. The molecule has 1 N–H and O–H groups in total. The van der Waals surface area contributed by atoms with Crippen LogP contribution >= 0.6 is 11.6 Å². The maximum absolute atomic E-state index is 12.2. The van der Waals surface area contributed by atoms with E-state index < -0.39 is 35.1 Å². The normalized spacial score (nSPS) is 10.4. The SMILES string of the molecule is CC(C)N(CC(=O)O)C(=O)c1cc([N+](=O)[O-])cnc1Cl. The highest BCUT2D eigenvalue weighted by molar-refractivity contribution is 6.32. The van der Waals surface area contributed by atoms with E-state index in [9.17, 15) is 19.7 Å². The van der Waals surface area contributed by atoms with Crippen molar-refractivity contribution in [3.63, 3.8) is 0 Å². The Morgan fingerprint density at radius 2 is 2.15 bits per heavy atom. The van der Waals surface area contributed by atoms with Gasteiger partial charge in [0.25, 0.3) is 11.6 Å². The number of carboxylic acids is 1. The second-order valence-corrected chi connectivity index (χ2v) is 4.57. The molecule has 0 spiro atoms. The molecule has 1 aromatic heterocycles. The number of halogens is 1. The van der Waals surface area contributed by atoms with Crippen molar-refractivity contribution < 1.29 is 19.6 Å². The van der Waals surface area contributed by atoms with Crippen LogP contribution in [0.25, 0.3) is 0 Å². The zero-order valence-electron chi connectivity index (χ0n) is 10.7. The molecule has 0 atom stereocenters. The van der Waals surface area contributed by atoms with Crippen LogP contribution in [-0.4, -0.2) is 44.4 Å². The van der Waals surface area contributed by atoms with Crippen molar-refractivity contribution in [2.24, 2.45) is 0 Å². The van der Waals surface area contributed by atoms with E-state index in [1.54, 1.807) is 13.8 Å². The fourth-order valence-corrected chi connectivity index (χ4v) is 1.66. The van der Waals surface area contributed by atoms with Gasteiger partial charge < -0.3 is 10.0 Å². The average molecular weight is 302 g/mol. The number of carboxylic acid groups (broad SMARTS) is 1. The third-order valence-corrected chi connectivity index (χ3v) is 2.76. The molecule has 0 saturated heterocycles. The van der Waals surface area contributed by atoms with Crippen molar-refractivity contribution in [1.29, 1.82) is 0 Å². The second-order valence-electron chi connectivity index (χ2n) is 4.21. The number of rotatable bonds is 5. The molecule has 1 aromatic rings. The summed E-state index contributed by atoms with van der Waals surface area (Å²) in [5.74, 6) is -1.91. The van der Waals surface area contributed by atoms with Crippen LogP contribution in [0, 0.1) is 10.1 Å². The van der Waals surface area contributed by atoms with E-state index in [1.807, 2.05) is 0 Å². The molecule has 0 unspecified atom stereocenters. The summed E-state index contributed by atoms with van der Waals surface area (Å²) in [7, 11) is 0. The van der Waals surface area contributed by atoms with Crippen LogP contribution < -0.4 is 0 Å². The Bertz CT molecular complexity index is 561.